The Morgan fingerprint density at radius 2 is 0.636 bits per heavy atom. The van der Waals surface area contributed by atoms with E-state index in [0.717, 1.165) is 16.2 Å². The average Bonchev–Trinajstić information content (AvgIpc) is 0.841. The van der Waals surface area contributed by atoms with Gasteiger partial charge in [-0.1, -0.05) is 87.8 Å². The number of pyridine rings is 3. The third kappa shape index (κ3) is 22.3. The lowest BCUT2D eigenvalue weighted by atomic mass is 10.2. The maximum atomic E-state index is 13.5. The van der Waals surface area contributed by atoms with E-state index in [-0.39, 0.29) is 52.6 Å². The molecule has 6 aromatic carbocycles. The molecule has 3 saturated heterocycles. The number of hydrogen-bond acceptors (Lipinski definition) is 18. The number of hydrazine groups is 3. The van der Waals surface area contributed by atoms with Crippen LogP contribution in [-0.4, -0.2) is 214 Å². The van der Waals surface area contributed by atoms with Crippen molar-refractivity contribution in [3.05, 3.63) is 210 Å². The fourth-order valence-electron chi connectivity index (χ4n) is 10.7. The number of rotatable bonds is 21. The van der Waals surface area contributed by atoms with E-state index in [0.29, 0.717) is 164 Å². The number of amides is 3. The molecule has 3 aliphatic heterocycles. The van der Waals surface area contributed by atoms with E-state index in [4.69, 9.17) is 83.8 Å². The quantitative estimate of drug-likeness (QED) is 0.0393. The smallest absolute Gasteiger partial charge is 0.284 e. The summed E-state index contributed by atoms with van der Waals surface area (Å²) in [5.74, 6) is -1.58. The van der Waals surface area contributed by atoms with E-state index in [2.05, 4.69) is 45.9 Å². The number of nitrogens with zero attached hydrogens (tertiary/aromatic N) is 9. The molecule has 3 amide bonds. The van der Waals surface area contributed by atoms with Gasteiger partial charge in [-0.05, 0) is 109 Å². The highest BCUT2D eigenvalue weighted by Gasteiger charge is 2.26. The van der Waals surface area contributed by atoms with Crippen LogP contribution in [0.1, 0.15) is 31.5 Å². The van der Waals surface area contributed by atoms with E-state index in [1.807, 2.05) is 33.2 Å². The number of ether oxygens (including phenoxy) is 3. The zero-order chi connectivity index (χ0) is 70.1. The second-order valence-corrected chi connectivity index (χ2v) is 25.9. The fraction of sp³-hybridized carbons (Fsp3) is 0.304. The minimum atomic E-state index is -0.736. The van der Waals surface area contributed by atoms with Crippen molar-refractivity contribution in [1.29, 1.82) is 0 Å². The summed E-state index contributed by atoms with van der Waals surface area (Å²) in [4.78, 5) is 57.3. The second kappa shape index (κ2) is 35.7. The van der Waals surface area contributed by atoms with Crippen molar-refractivity contribution in [3.8, 4) is 17.2 Å². The lowest BCUT2D eigenvalue weighted by molar-refractivity contribution is 0.0315. The van der Waals surface area contributed by atoms with E-state index in [9.17, 15) is 42.9 Å². The molecule has 6 N–H and O–H groups in total. The van der Waals surface area contributed by atoms with E-state index in [1.54, 1.807) is 91.0 Å². The molecule has 0 bridgehead atoms. The molecule has 3 aliphatic rings. The van der Waals surface area contributed by atoms with Crippen molar-refractivity contribution in [3.63, 3.8) is 0 Å². The monoisotopic (exact) mass is 1480 g/mol. The zero-order valence-corrected chi connectivity index (χ0v) is 57.6. The summed E-state index contributed by atoms with van der Waals surface area (Å²) in [5, 5.41) is 40.9. The molecule has 3 atom stereocenters. The Labute approximate surface area is 598 Å². The summed E-state index contributed by atoms with van der Waals surface area (Å²) in [5.41, 5.74) is 11.8. The van der Waals surface area contributed by atoms with Crippen LogP contribution in [0.2, 0.25) is 30.1 Å². The molecule has 99 heavy (non-hydrogen) atoms. The van der Waals surface area contributed by atoms with Gasteiger partial charge in [0.25, 0.3) is 17.7 Å². The standard InChI is InChI=1S/3C23H23Cl2FN4O3/c3*24-16-2-6-21-15(11-16)1-5-22(27-21)23(32)28-30-9-7-29(8-10-30)13-17(31)14-33-18-3-4-19(25)20(26)12-18/h3*1-6,11-12,17,31H,7-10,13-14H2,(H,28,32)/t2*17-;/m10./s1. The molecule has 3 fully saturated rings. The maximum absolute atomic E-state index is 13.5. The van der Waals surface area contributed by atoms with Crippen molar-refractivity contribution in [1.82, 2.24) is 61.0 Å². The first-order chi connectivity index (χ1) is 47.6. The number of piperazine rings is 3. The second-order valence-electron chi connectivity index (χ2n) is 23.4. The largest absolute Gasteiger partial charge is 0.491 e. The lowest BCUT2D eigenvalue weighted by Gasteiger charge is -2.35. The Bertz CT molecular complexity index is 3850. The normalized spacial score (nSPS) is 16.0. The van der Waals surface area contributed by atoms with Gasteiger partial charge in [-0.2, -0.15) is 0 Å². The number of β-amino-alcohol motifs (C(OH)–C–C–N with tert-alkyl or cyclic N) is 3. The Hall–Kier alpha value is -7.47. The number of fused-ring (bicyclic) bond motifs is 3. The number of nitrogens with one attached hydrogen (secondary N) is 3. The number of hydrogen-bond donors (Lipinski definition) is 6. The van der Waals surface area contributed by atoms with Crippen LogP contribution >= 0.6 is 69.6 Å². The van der Waals surface area contributed by atoms with Crippen LogP contribution in [0.4, 0.5) is 13.2 Å². The van der Waals surface area contributed by atoms with Gasteiger partial charge >= 0.3 is 0 Å². The van der Waals surface area contributed by atoms with Gasteiger partial charge in [0.05, 0.1) is 31.6 Å². The van der Waals surface area contributed by atoms with Crippen molar-refractivity contribution in [2.75, 3.05) is 118 Å². The van der Waals surface area contributed by atoms with Crippen LogP contribution in [0, 0.1) is 17.5 Å². The Kier molecular flexibility index (Phi) is 26.8. The molecule has 30 heteroatoms. The zero-order valence-electron chi connectivity index (χ0n) is 53.0. The summed E-state index contributed by atoms with van der Waals surface area (Å²) >= 11 is 34.9. The molecule has 12 rings (SSSR count). The van der Waals surface area contributed by atoms with Crippen molar-refractivity contribution in [2.24, 2.45) is 0 Å². The number of aliphatic hydroxyl groups excluding tert-OH is 3. The number of aromatic nitrogens is 3. The lowest BCUT2D eigenvalue weighted by Crippen LogP contribution is -2.55. The molecule has 0 saturated carbocycles. The average molecular weight is 1480 g/mol. The van der Waals surface area contributed by atoms with Crippen LogP contribution < -0.4 is 30.5 Å². The van der Waals surface area contributed by atoms with Crippen LogP contribution in [0.5, 0.6) is 17.2 Å². The van der Waals surface area contributed by atoms with Crippen LogP contribution in [-0.2, 0) is 0 Å². The molecule has 21 nitrogen and oxygen atoms in total. The molecule has 3 aromatic heterocycles. The van der Waals surface area contributed by atoms with E-state index in [1.165, 1.54) is 36.4 Å². The van der Waals surface area contributed by atoms with Gasteiger partial charge in [0, 0.05) is 148 Å². The topological polar surface area (TPSA) is 234 Å². The molecule has 0 aliphatic carbocycles. The Balaban J connectivity index is 0.000000161. The molecular weight excluding hydrogens is 1410 g/mol. The predicted molar refractivity (Wildman–Crippen MR) is 375 cm³/mol. The minimum absolute atomic E-state index is 0.0224. The summed E-state index contributed by atoms with van der Waals surface area (Å²) < 4.78 is 56.8. The first-order valence-corrected chi connectivity index (χ1v) is 33.7. The highest BCUT2D eigenvalue weighted by Crippen LogP contribution is 2.26. The van der Waals surface area contributed by atoms with Gasteiger partial charge < -0.3 is 29.5 Å². The molecule has 1 unspecified atom stereocenters. The fourth-order valence-corrected chi connectivity index (χ4v) is 11.6. The van der Waals surface area contributed by atoms with Gasteiger partial charge in [-0.15, -0.1) is 0 Å². The SMILES string of the molecule is O=C(NN1CCN(CC(O)COc2ccc(Cl)c(F)c2)CC1)c1ccc2cc(Cl)ccc2n1.O=C(NN1CCN(C[C@@H](O)COc2ccc(Cl)c(F)c2)CC1)c1ccc2cc(Cl)ccc2n1.O=C(NN1CCN(C[C@H](O)COc2ccc(Cl)c(F)c2)CC1)c1ccc2cc(Cl)ccc2n1. The summed E-state index contributed by atoms with van der Waals surface area (Å²) in [7, 11) is 0. The van der Waals surface area contributed by atoms with Gasteiger partial charge in [0.15, 0.2) is 0 Å². The number of halogens is 9. The van der Waals surface area contributed by atoms with E-state index >= 15 is 0 Å². The first kappa shape index (κ1) is 74.2. The molecule has 0 spiro atoms. The molecule has 0 radical (unpaired) electrons. The highest BCUT2D eigenvalue weighted by molar-refractivity contribution is 6.32. The minimum Gasteiger partial charge on any atom is -0.491 e. The van der Waals surface area contributed by atoms with Crippen LogP contribution in [0.15, 0.2) is 146 Å². The summed E-state index contributed by atoms with van der Waals surface area (Å²) in [6.45, 7) is 8.94. The van der Waals surface area contributed by atoms with Crippen molar-refractivity contribution in [2.45, 2.75) is 18.3 Å². The third-order valence-electron chi connectivity index (χ3n) is 16.0. The maximum Gasteiger partial charge on any atom is 0.284 e. The van der Waals surface area contributed by atoms with Crippen molar-refractivity contribution >= 4 is 120 Å². The summed E-state index contributed by atoms with van der Waals surface area (Å²) in [6, 6.07) is 38.9. The number of benzene rings is 6. The number of carbonyl (C=O) groups excluding carboxylic acids is 3. The van der Waals surface area contributed by atoms with Crippen LogP contribution in [0.25, 0.3) is 32.7 Å². The Morgan fingerprint density at radius 1 is 0.374 bits per heavy atom. The predicted octanol–water partition coefficient (Wildman–Crippen LogP) is 10.1. The molecular formula is C69H69Cl6F3N12O9. The van der Waals surface area contributed by atoms with E-state index < -0.39 is 35.8 Å². The van der Waals surface area contributed by atoms with Gasteiger partial charge in [-0.25, -0.2) is 43.1 Å². The van der Waals surface area contributed by atoms with Gasteiger partial charge in [-0.3, -0.25) is 45.4 Å². The number of carbonyl (C=O) groups is 3. The van der Waals surface area contributed by atoms with Crippen molar-refractivity contribution < 1.29 is 57.1 Å². The summed E-state index contributed by atoms with van der Waals surface area (Å²) in [6.07, 6.45) is -2.21. The molecule has 9 aromatic rings. The third-order valence-corrected chi connectivity index (χ3v) is 17.6. The molecule has 522 valence electrons. The molecule has 6 heterocycles. The van der Waals surface area contributed by atoms with Crippen LogP contribution in [0.3, 0.4) is 0 Å². The first-order valence-electron chi connectivity index (χ1n) is 31.4. The Morgan fingerprint density at radius 3 is 0.889 bits per heavy atom. The van der Waals surface area contributed by atoms with Gasteiger partial charge in [0.1, 0.15) is 89.9 Å². The highest BCUT2D eigenvalue weighted by atomic mass is 35.5. The number of aliphatic hydroxyl groups is 3. The van der Waals surface area contributed by atoms with Gasteiger partial charge in [0.2, 0.25) is 0 Å².